The van der Waals surface area contributed by atoms with Crippen LogP contribution in [0.1, 0.15) is 34.7 Å². The van der Waals surface area contributed by atoms with Gasteiger partial charge in [-0.25, -0.2) is 8.42 Å². The fourth-order valence-electron chi connectivity index (χ4n) is 2.45. The van der Waals surface area contributed by atoms with E-state index >= 15 is 0 Å². The van der Waals surface area contributed by atoms with Crippen LogP contribution >= 0.6 is 11.3 Å². The summed E-state index contributed by atoms with van der Waals surface area (Å²) in [6, 6.07) is 0. The molecule has 0 saturated carbocycles. The molecule has 0 saturated heterocycles. The number of thiophene rings is 1. The molecule has 6 nitrogen and oxygen atoms in total. The third kappa shape index (κ3) is 3.77. The maximum absolute atomic E-state index is 12.7. The van der Waals surface area contributed by atoms with E-state index in [4.69, 9.17) is 9.68 Å². The predicted molar refractivity (Wildman–Crippen MR) is 92.0 cm³/mol. The molecule has 0 aromatic carbocycles. The average molecular weight is 358 g/mol. The van der Waals surface area contributed by atoms with Gasteiger partial charge in [-0.2, -0.15) is 0 Å². The van der Waals surface area contributed by atoms with E-state index in [0.29, 0.717) is 5.70 Å². The summed E-state index contributed by atoms with van der Waals surface area (Å²) in [6.07, 6.45) is 1.58. The average Bonchev–Trinajstić information content (AvgIpc) is 2.90. The number of rotatable bonds is 6. The molecule has 8 heteroatoms. The molecule has 2 heterocycles. The lowest BCUT2D eigenvalue weighted by Gasteiger charge is -2.12. The summed E-state index contributed by atoms with van der Waals surface area (Å²) in [4.78, 5) is 12.1. The Hall–Kier alpha value is -1.35. The summed E-state index contributed by atoms with van der Waals surface area (Å²) < 4.78 is 25.4. The molecule has 0 fully saturated rings. The van der Waals surface area contributed by atoms with E-state index in [0.717, 1.165) is 20.9 Å². The highest BCUT2D eigenvalue weighted by Gasteiger charge is 2.32. The summed E-state index contributed by atoms with van der Waals surface area (Å²) in [7, 11) is -2.05. The van der Waals surface area contributed by atoms with Crippen molar-refractivity contribution in [3.8, 4) is 0 Å². The Kier molecular flexibility index (Phi) is 4.91. The standard InChI is InChI=1S/C15H22N2O4S2/c1-9(16-20-6)14-11(3)22-10(2)12(14)8-23(18,19)13-7-15(4,5)21-17-13/h7,16-17H,1,8H2,2-6H3. The van der Waals surface area contributed by atoms with Gasteiger partial charge in [0.2, 0.25) is 0 Å². The Balaban J connectivity index is 2.39. The van der Waals surface area contributed by atoms with E-state index in [1.54, 1.807) is 31.3 Å². The first kappa shape index (κ1) is 18.0. The molecule has 23 heavy (non-hydrogen) atoms. The largest absolute Gasteiger partial charge is 0.279 e. The molecule has 0 unspecified atom stereocenters. The number of nitrogens with one attached hydrogen (secondary N) is 2. The lowest BCUT2D eigenvalue weighted by Crippen LogP contribution is -2.22. The summed E-state index contributed by atoms with van der Waals surface area (Å²) in [5.74, 6) is -0.124. The number of aryl methyl sites for hydroxylation is 2. The summed E-state index contributed by atoms with van der Waals surface area (Å²) in [5.41, 5.74) is 6.63. The second kappa shape index (κ2) is 6.27. The number of hydrogen-bond donors (Lipinski definition) is 2. The Morgan fingerprint density at radius 3 is 2.61 bits per heavy atom. The molecule has 0 aliphatic carbocycles. The SMILES string of the molecule is C=C(NOC)c1c(C)sc(C)c1CS(=O)(=O)C1=CC(C)(C)ON1. The maximum atomic E-state index is 12.7. The minimum atomic E-state index is -3.54. The molecule has 0 atom stereocenters. The van der Waals surface area contributed by atoms with Gasteiger partial charge in [0.05, 0.1) is 18.6 Å². The number of sulfone groups is 1. The van der Waals surface area contributed by atoms with Crippen LogP contribution in [-0.2, 0) is 25.3 Å². The van der Waals surface area contributed by atoms with Crippen LogP contribution in [0.2, 0.25) is 0 Å². The van der Waals surface area contributed by atoms with Crippen molar-refractivity contribution in [1.82, 2.24) is 11.0 Å². The molecule has 2 N–H and O–H groups in total. The zero-order chi connectivity index (χ0) is 17.4. The first-order valence-corrected chi connectivity index (χ1v) is 9.51. The van der Waals surface area contributed by atoms with E-state index < -0.39 is 15.4 Å². The van der Waals surface area contributed by atoms with Crippen molar-refractivity contribution in [3.05, 3.63) is 38.6 Å². The topological polar surface area (TPSA) is 76.7 Å². The zero-order valence-electron chi connectivity index (χ0n) is 13.9. The van der Waals surface area contributed by atoms with E-state index in [1.807, 2.05) is 13.8 Å². The van der Waals surface area contributed by atoms with Crippen LogP contribution in [-0.4, -0.2) is 21.1 Å². The summed E-state index contributed by atoms with van der Waals surface area (Å²) in [5, 5.41) is 0.0991. The van der Waals surface area contributed by atoms with Crippen molar-refractivity contribution < 1.29 is 18.1 Å². The van der Waals surface area contributed by atoms with Crippen LogP contribution in [0, 0.1) is 13.8 Å². The van der Waals surface area contributed by atoms with Crippen LogP contribution in [0.15, 0.2) is 17.7 Å². The predicted octanol–water partition coefficient (Wildman–Crippen LogP) is 2.56. The van der Waals surface area contributed by atoms with Crippen LogP contribution in [0.4, 0.5) is 0 Å². The number of hydrogen-bond acceptors (Lipinski definition) is 7. The van der Waals surface area contributed by atoms with Gasteiger partial charge in [0.15, 0.2) is 14.9 Å². The second-order valence-corrected chi connectivity index (χ2v) is 9.31. The van der Waals surface area contributed by atoms with Crippen LogP contribution in [0.5, 0.6) is 0 Å². The van der Waals surface area contributed by atoms with Crippen LogP contribution < -0.4 is 11.0 Å². The molecular formula is C15H22N2O4S2. The molecule has 1 aliphatic rings. The van der Waals surface area contributed by atoms with Crippen molar-refractivity contribution in [3.63, 3.8) is 0 Å². The lowest BCUT2D eigenvalue weighted by molar-refractivity contribution is -0.0129. The third-order valence-corrected chi connectivity index (χ3v) is 6.08. The smallest absolute Gasteiger partial charge is 0.199 e. The highest BCUT2D eigenvalue weighted by atomic mass is 32.2. The fraction of sp³-hybridized carbons (Fsp3) is 0.467. The lowest BCUT2D eigenvalue weighted by atomic mass is 10.1. The molecular weight excluding hydrogens is 336 g/mol. The Morgan fingerprint density at radius 2 is 2.09 bits per heavy atom. The normalized spacial score (nSPS) is 16.8. The Labute approximate surface area is 141 Å². The first-order chi connectivity index (χ1) is 10.6. The molecule has 0 amide bonds. The first-order valence-electron chi connectivity index (χ1n) is 7.04. The Bertz CT molecular complexity index is 761. The van der Waals surface area contributed by atoms with Gasteiger partial charge in [-0.15, -0.1) is 11.3 Å². The van der Waals surface area contributed by atoms with Gasteiger partial charge in [0.25, 0.3) is 0 Å². The summed E-state index contributed by atoms with van der Waals surface area (Å²) >= 11 is 1.54. The van der Waals surface area contributed by atoms with Gasteiger partial charge in [-0.1, -0.05) is 6.58 Å². The summed E-state index contributed by atoms with van der Waals surface area (Å²) in [6.45, 7) is 11.3. The highest BCUT2D eigenvalue weighted by Crippen LogP contribution is 2.34. The zero-order valence-corrected chi connectivity index (χ0v) is 15.6. The minimum Gasteiger partial charge on any atom is -0.279 e. The molecule has 1 aromatic rings. The van der Waals surface area contributed by atoms with Gasteiger partial charge in [0, 0.05) is 15.3 Å². The molecule has 1 aromatic heterocycles. The van der Waals surface area contributed by atoms with Gasteiger partial charge < -0.3 is 0 Å². The van der Waals surface area contributed by atoms with E-state index in [-0.39, 0.29) is 10.8 Å². The van der Waals surface area contributed by atoms with E-state index in [1.165, 1.54) is 7.11 Å². The van der Waals surface area contributed by atoms with Crippen molar-refractivity contribution >= 4 is 26.9 Å². The van der Waals surface area contributed by atoms with E-state index in [2.05, 4.69) is 17.5 Å². The third-order valence-electron chi connectivity index (χ3n) is 3.47. The van der Waals surface area contributed by atoms with Crippen molar-refractivity contribution in [2.75, 3.05) is 7.11 Å². The van der Waals surface area contributed by atoms with Gasteiger partial charge in [0.1, 0.15) is 5.60 Å². The van der Waals surface area contributed by atoms with Crippen LogP contribution in [0.25, 0.3) is 5.70 Å². The second-order valence-electron chi connectivity index (χ2n) is 5.93. The monoisotopic (exact) mass is 358 g/mol. The minimum absolute atomic E-state index is 0.0991. The molecule has 0 radical (unpaired) electrons. The van der Waals surface area contributed by atoms with Gasteiger partial charge >= 0.3 is 0 Å². The van der Waals surface area contributed by atoms with Crippen molar-refractivity contribution in [1.29, 1.82) is 0 Å². The fourth-order valence-corrected chi connectivity index (χ4v) is 5.18. The Morgan fingerprint density at radius 1 is 1.43 bits per heavy atom. The van der Waals surface area contributed by atoms with E-state index in [9.17, 15) is 8.42 Å². The van der Waals surface area contributed by atoms with Crippen LogP contribution in [0.3, 0.4) is 0 Å². The quantitative estimate of drug-likeness (QED) is 0.761. The molecule has 0 bridgehead atoms. The maximum Gasteiger partial charge on any atom is 0.199 e. The molecule has 128 valence electrons. The molecule has 0 spiro atoms. The molecule has 2 rings (SSSR count). The number of hydroxylamine groups is 2. The van der Waals surface area contributed by atoms with Crippen molar-refractivity contribution in [2.45, 2.75) is 39.0 Å². The van der Waals surface area contributed by atoms with Gasteiger partial charge in [-0.3, -0.25) is 20.6 Å². The molecule has 1 aliphatic heterocycles. The highest BCUT2D eigenvalue weighted by molar-refractivity contribution is 7.94. The van der Waals surface area contributed by atoms with Crippen molar-refractivity contribution in [2.24, 2.45) is 0 Å². The van der Waals surface area contributed by atoms with Gasteiger partial charge in [-0.05, 0) is 39.3 Å².